The van der Waals surface area contributed by atoms with Gasteiger partial charge in [0.25, 0.3) is 5.69 Å². The van der Waals surface area contributed by atoms with Crippen LogP contribution in [-0.4, -0.2) is 38.5 Å². The van der Waals surface area contributed by atoms with Gasteiger partial charge >= 0.3 is 0 Å². The molecule has 3 rings (SSSR count). The van der Waals surface area contributed by atoms with Gasteiger partial charge in [0.1, 0.15) is 11.4 Å². The summed E-state index contributed by atoms with van der Waals surface area (Å²) in [6.07, 6.45) is 0. The number of ether oxygens (including phenoxy) is 1. The number of aromatic nitrogens is 3. The number of nitrogens with one attached hydrogen (secondary N) is 1. The Balaban J connectivity index is 1.67. The molecule has 1 N–H and O–H groups in total. The first-order valence-corrected chi connectivity index (χ1v) is 9.18. The van der Waals surface area contributed by atoms with E-state index in [1.54, 1.807) is 10.6 Å². The predicted octanol–water partition coefficient (Wildman–Crippen LogP) is 3.13. The first-order valence-electron chi connectivity index (χ1n) is 8.19. The van der Waals surface area contributed by atoms with E-state index in [0.29, 0.717) is 16.7 Å². The van der Waals surface area contributed by atoms with Crippen molar-refractivity contribution in [2.45, 2.75) is 5.16 Å². The average molecular weight is 399 g/mol. The Morgan fingerprint density at radius 1 is 1.25 bits per heavy atom. The first-order chi connectivity index (χ1) is 13.5. The fourth-order valence-electron chi connectivity index (χ4n) is 2.49. The zero-order valence-corrected chi connectivity index (χ0v) is 16.0. The lowest BCUT2D eigenvalue weighted by Gasteiger charge is -2.07. The summed E-state index contributed by atoms with van der Waals surface area (Å²) in [6, 6.07) is 13.8. The van der Waals surface area contributed by atoms with E-state index in [-0.39, 0.29) is 23.0 Å². The predicted molar refractivity (Wildman–Crippen MR) is 105 cm³/mol. The minimum Gasteiger partial charge on any atom is -0.496 e. The highest BCUT2D eigenvalue weighted by atomic mass is 32.2. The van der Waals surface area contributed by atoms with Gasteiger partial charge in [-0.15, -0.1) is 10.2 Å². The van der Waals surface area contributed by atoms with E-state index < -0.39 is 4.92 Å². The molecule has 144 valence electrons. The maximum absolute atomic E-state index is 12.3. The van der Waals surface area contributed by atoms with Gasteiger partial charge in [-0.05, 0) is 12.1 Å². The molecule has 0 saturated heterocycles. The van der Waals surface area contributed by atoms with Crippen LogP contribution in [0.4, 0.5) is 11.4 Å². The van der Waals surface area contributed by atoms with Gasteiger partial charge in [-0.2, -0.15) is 0 Å². The van der Waals surface area contributed by atoms with E-state index in [1.165, 1.54) is 31.0 Å². The molecule has 9 nitrogen and oxygen atoms in total. The van der Waals surface area contributed by atoms with Crippen molar-refractivity contribution in [1.82, 2.24) is 14.8 Å². The van der Waals surface area contributed by atoms with Gasteiger partial charge in [0.2, 0.25) is 5.91 Å². The molecule has 0 fully saturated rings. The lowest BCUT2D eigenvalue weighted by atomic mass is 10.2. The molecule has 0 aliphatic rings. The second kappa shape index (κ2) is 8.53. The highest BCUT2D eigenvalue weighted by Crippen LogP contribution is 2.29. The van der Waals surface area contributed by atoms with Crippen LogP contribution in [0, 0.1) is 10.1 Å². The molecular weight excluding hydrogens is 382 g/mol. The van der Waals surface area contributed by atoms with E-state index in [4.69, 9.17) is 4.74 Å². The molecule has 0 unspecified atom stereocenters. The van der Waals surface area contributed by atoms with Gasteiger partial charge in [-0.3, -0.25) is 14.9 Å². The molecule has 0 saturated carbocycles. The second-order valence-electron chi connectivity index (χ2n) is 5.71. The third-order valence-corrected chi connectivity index (χ3v) is 4.90. The molecule has 0 aliphatic heterocycles. The number of rotatable bonds is 7. The van der Waals surface area contributed by atoms with Gasteiger partial charge in [-0.1, -0.05) is 42.1 Å². The van der Waals surface area contributed by atoms with E-state index in [9.17, 15) is 14.9 Å². The maximum atomic E-state index is 12.3. The topological polar surface area (TPSA) is 112 Å². The van der Waals surface area contributed by atoms with Crippen molar-refractivity contribution in [3.05, 3.63) is 58.6 Å². The minimum atomic E-state index is -0.569. The number of amides is 1. The smallest absolute Gasteiger partial charge is 0.296 e. The fourth-order valence-corrected chi connectivity index (χ4v) is 3.20. The number of carbonyl (C=O) groups is 1. The molecule has 0 bridgehead atoms. The molecule has 10 heteroatoms. The molecule has 1 heterocycles. The van der Waals surface area contributed by atoms with Gasteiger partial charge in [0.05, 0.1) is 23.9 Å². The van der Waals surface area contributed by atoms with Gasteiger partial charge in [0, 0.05) is 12.6 Å². The Bertz CT molecular complexity index is 1010. The number of nitrogens with zero attached hydrogens (tertiary/aromatic N) is 4. The van der Waals surface area contributed by atoms with Crippen LogP contribution in [0.5, 0.6) is 5.75 Å². The van der Waals surface area contributed by atoms with Crippen molar-refractivity contribution in [3.8, 4) is 17.1 Å². The summed E-state index contributed by atoms with van der Waals surface area (Å²) in [5.41, 5.74) is 0.796. The van der Waals surface area contributed by atoms with Crippen molar-refractivity contribution in [3.63, 3.8) is 0 Å². The summed E-state index contributed by atoms with van der Waals surface area (Å²) in [4.78, 5) is 22.9. The number of hydrogen-bond donors (Lipinski definition) is 1. The first kappa shape index (κ1) is 19.4. The summed E-state index contributed by atoms with van der Waals surface area (Å²) in [5.74, 6) is 0.674. The van der Waals surface area contributed by atoms with Crippen molar-refractivity contribution in [2.75, 3.05) is 18.2 Å². The van der Waals surface area contributed by atoms with Gasteiger partial charge < -0.3 is 14.6 Å². The maximum Gasteiger partial charge on any atom is 0.296 e. The number of thioether (sulfide) groups is 1. The highest BCUT2D eigenvalue weighted by Gasteiger charge is 2.18. The van der Waals surface area contributed by atoms with Crippen LogP contribution in [0.25, 0.3) is 11.4 Å². The zero-order valence-electron chi connectivity index (χ0n) is 15.2. The molecule has 2 aromatic carbocycles. The molecule has 0 radical (unpaired) electrons. The summed E-state index contributed by atoms with van der Waals surface area (Å²) < 4.78 is 6.78. The summed E-state index contributed by atoms with van der Waals surface area (Å²) >= 11 is 1.19. The molecule has 1 amide bonds. The third-order valence-electron chi connectivity index (χ3n) is 3.87. The SMILES string of the molecule is COc1ccc(NC(=O)CSc2nnc(-c3ccccc3)n2C)c([N+](=O)[O-])c1. The monoisotopic (exact) mass is 399 g/mol. The number of anilines is 1. The van der Waals surface area contributed by atoms with Crippen LogP contribution in [0.2, 0.25) is 0 Å². The van der Waals surface area contributed by atoms with Crippen molar-refractivity contribution >= 4 is 29.0 Å². The van der Waals surface area contributed by atoms with E-state index >= 15 is 0 Å². The Kier molecular flexibility index (Phi) is 5.90. The van der Waals surface area contributed by atoms with Crippen molar-refractivity contribution < 1.29 is 14.5 Å². The Morgan fingerprint density at radius 2 is 2.00 bits per heavy atom. The minimum absolute atomic E-state index is 0.0317. The van der Waals surface area contributed by atoms with Crippen LogP contribution < -0.4 is 10.1 Å². The quantitative estimate of drug-likeness (QED) is 0.369. The molecule has 0 aliphatic carbocycles. The molecule has 3 aromatic rings. The lowest BCUT2D eigenvalue weighted by Crippen LogP contribution is -2.15. The van der Waals surface area contributed by atoms with Gasteiger partial charge in [-0.25, -0.2) is 0 Å². The lowest BCUT2D eigenvalue weighted by molar-refractivity contribution is -0.384. The van der Waals surface area contributed by atoms with E-state index in [2.05, 4.69) is 15.5 Å². The van der Waals surface area contributed by atoms with E-state index in [0.717, 1.165) is 5.56 Å². The number of hydrogen-bond acceptors (Lipinski definition) is 7. The highest BCUT2D eigenvalue weighted by molar-refractivity contribution is 7.99. The standard InChI is InChI=1S/C18H17N5O4S/c1-22-17(12-6-4-3-5-7-12)20-21-18(22)28-11-16(24)19-14-9-8-13(27-2)10-15(14)23(25)26/h3-10H,11H2,1-2H3,(H,19,24). The number of nitro groups is 1. The Morgan fingerprint density at radius 3 is 2.68 bits per heavy atom. The van der Waals surface area contributed by atoms with E-state index in [1.807, 2.05) is 37.4 Å². The second-order valence-corrected chi connectivity index (χ2v) is 6.65. The van der Waals surface area contributed by atoms with Gasteiger partial charge in [0.15, 0.2) is 11.0 Å². The molecule has 0 atom stereocenters. The summed E-state index contributed by atoms with van der Waals surface area (Å²) in [6.45, 7) is 0. The van der Waals surface area contributed by atoms with Crippen LogP contribution in [0.15, 0.2) is 53.7 Å². The van der Waals surface area contributed by atoms with Crippen LogP contribution in [0.3, 0.4) is 0 Å². The van der Waals surface area contributed by atoms with Crippen molar-refractivity contribution in [2.24, 2.45) is 7.05 Å². The molecular formula is C18H17N5O4S. The zero-order chi connectivity index (χ0) is 20.1. The number of methoxy groups -OCH3 is 1. The largest absolute Gasteiger partial charge is 0.496 e. The third kappa shape index (κ3) is 4.29. The average Bonchev–Trinajstić information content (AvgIpc) is 3.07. The van der Waals surface area contributed by atoms with Crippen LogP contribution >= 0.6 is 11.8 Å². The number of benzene rings is 2. The van der Waals surface area contributed by atoms with Crippen molar-refractivity contribution in [1.29, 1.82) is 0 Å². The van der Waals surface area contributed by atoms with Crippen LogP contribution in [-0.2, 0) is 11.8 Å². The number of carbonyl (C=O) groups excluding carboxylic acids is 1. The molecule has 1 aromatic heterocycles. The number of nitro benzene ring substituents is 1. The molecule has 28 heavy (non-hydrogen) atoms. The summed E-state index contributed by atoms with van der Waals surface area (Å²) in [5, 5.41) is 22.6. The molecule has 0 spiro atoms. The fraction of sp³-hybridized carbons (Fsp3) is 0.167. The normalized spacial score (nSPS) is 10.5. The van der Waals surface area contributed by atoms with Crippen LogP contribution in [0.1, 0.15) is 0 Å². The Hall–Kier alpha value is -3.40. The summed E-state index contributed by atoms with van der Waals surface area (Å²) in [7, 11) is 3.23. The Labute approximate surface area is 164 Å².